The van der Waals surface area contributed by atoms with E-state index in [1.54, 1.807) is 0 Å². The van der Waals surface area contributed by atoms with Crippen molar-refractivity contribution in [3.05, 3.63) is 0 Å². The maximum absolute atomic E-state index is 13.5. The fraction of sp³-hybridized carbons (Fsp3) is 1.00. The van der Waals surface area contributed by atoms with E-state index in [1.807, 2.05) is 0 Å². The summed E-state index contributed by atoms with van der Waals surface area (Å²) in [5.74, 6) is -2.90. The Kier molecular flexibility index (Phi) is 5.07. The summed E-state index contributed by atoms with van der Waals surface area (Å²) in [6, 6.07) is -0.613. The lowest BCUT2D eigenvalue weighted by Crippen LogP contribution is -2.58. The van der Waals surface area contributed by atoms with Crippen molar-refractivity contribution in [3.63, 3.8) is 0 Å². The Morgan fingerprint density at radius 2 is 1.17 bits per heavy atom. The van der Waals surface area contributed by atoms with E-state index in [9.17, 15) is 30.7 Å². The third-order valence-electron chi connectivity index (χ3n) is 3.13. The smallest absolute Gasteiger partial charge is 0.328 e. The predicted molar refractivity (Wildman–Crippen MR) is 52.5 cm³/mol. The minimum Gasteiger partial charge on any atom is -0.328 e. The lowest BCUT2D eigenvalue weighted by molar-refractivity contribution is -0.357. The molecule has 0 aromatic heterocycles. The van der Waals surface area contributed by atoms with Crippen molar-refractivity contribution in [2.75, 3.05) is 0 Å². The summed E-state index contributed by atoms with van der Waals surface area (Å²) >= 11 is 0. The molecule has 1 nitrogen and oxygen atoms in total. The lowest BCUT2D eigenvalue weighted by Gasteiger charge is -2.36. The summed E-state index contributed by atoms with van der Waals surface area (Å²) in [7, 11) is 0. The van der Waals surface area contributed by atoms with Gasteiger partial charge in [0, 0.05) is 12.0 Å². The average Bonchev–Trinajstić information content (AvgIpc) is 2.12. The molecule has 3 atom stereocenters. The summed E-state index contributed by atoms with van der Waals surface area (Å²) in [5.41, 5.74) is 0.155. The van der Waals surface area contributed by atoms with E-state index in [4.69, 9.17) is 5.73 Å². The van der Waals surface area contributed by atoms with Crippen molar-refractivity contribution in [3.8, 4) is 0 Å². The number of nitrogens with two attached hydrogens (primary N) is 1. The van der Waals surface area contributed by atoms with E-state index < -0.39 is 42.3 Å². The number of halogens is 7. The van der Waals surface area contributed by atoms with Gasteiger partial charge in [0.05, 0.1) is 0 Å². The van der Waals surface area contributed by atoms with Crippen LogP contribution >= 0.6 is 0 Å². The van der Waals surface area contributed by atoms with Crippen LogP contribution in [0.25, 0.3) is 0 Å². The first-order valence-corrected chi connectivity index (χ1v) is 5.33. The molecule has 0 heterocycles. The normalized spacial score (nSPS) is 19.5. The Balaban J connectivity index is 5.25. The van der Waals surface area contributed by atoms with Gasteiger partial charge < -0.3 is 5.73 Å². The van der Waals surface area contributed by atoms with Crippen LogP contribution in [0.3, 0.4) is 0 Å². The highest BCUT2D eigenvalue weighted by molar-refractivity contribution is 4.99. The SMILES string of the molecule is CC(N)C(C)C[C@H](C)C(F)(C(F)(F)F)C(F)(F)F. The summed E-state index contributed by atoms with van der Waals surface area (Å²) in [4.78, 5) is 0. The molecule has 0 aromatic carbocycles. The van der Waals surface area contributed by atoms with E-state index >= 15 is 0 Å². The molecule has 0 aromatic rings. The van der Waals surface area contributed by atoms with Crippen molar-refractivity contribution in [2.24, 2.45) is 17.6 Å². The predicted octanol–water partition coefficient (Wildman–Crippen LogP) is 3.83. The van der Waals surface area contributed by atoms with Gasteiger partial charge in [-0.15, -0.1) is 0 Å². The Morgan fingerprint density at radius 1 is 0.833 bits per heavy atom. The van der Waals surface area contributed by atoms with Crippen molar-refractivity contribution in [2.45, 2.75) is 51.3 Å². The van der Waals surface area contributed by atoms with Gasteiger partial charge in [-0.25, -0.2) is 4.39 Å². The molecule has 2 unspecified atom stereocenters. The van der Waals surface area contributed by atoms with Crippen molar-refractivity contribution >= 4 is 0 Å². The van der Waals surface area contributed by atoms with Gasteiger partial charge in [0.1, 0.15) is 0 Å². The molecular weight excluding hydrogens is 267 g/mol. The number of hydrogen-bond acceptors (Lipinski definition) is 1. The highest BCUT2D eigenvalue weighted by Gasteiger charge is 2.74. The second kappa shape index (κ2) is 5.22. The topological polar surface area (TPSA) is 26.0 Å². The standard InChI is InChI=1S/C10H16F7N/c1-5(7(3)18)4-6(2)8(11,9(12,13)14)10(15,16)17/h5-7H,4,18H2,1-3H3/t5?,6-,7?/m0/s1. The van der Waals surface area contributed by atoms with Gasteiger partial charge in [-0.05, 0) is 19.3 Å². The van der Waals surface area contributed by atoms with Crippen molar-refractivity contribution in [1.29, 1.82) is 0 Å². The molecule has 0 radical (unpaired) electrons. The molecule has 18 heavy (non-hydrogen) atoms. The molecule has 110 valence electrons. The van der Waals surface area contributed by atoms with E-state index in [1.165, 1.54) is 13.8 Å². The second-order valence-electron chi connectivity index (χ2n) is 4.68. The first-order chi connectivity index (χ1) is 7.75. The Labute approximate surface area is 101 Å². The summed E-state index contributed by atoms with van der Waals surface area (Å²) < 4.78 is 87.8. The van der Waals surface area contributed by atoms with Crippen LogP contribution in [0, 0.1) is 11.8 Å². The zero-order chi connectivity index (χ0) is 14.9. The van der Waals surface area contributed by atoms with Gasteiger partial charge in [0.2, 0.25) is 0 Å². The lowest BCUT2D eigenvalue weighted by atomic mass is 9.81. The molecule has 0 rings (SSSR count). The van der Waals surface area contributed by atoms with Gasteiger partial charge in [-0.1, -0.05) is 13.8 Å². The second-order valence-corrected chi connectivity index (χ2v) is 4.68. The van der Waals surface area contributed by atoms with Gasteiger partial charge in [0.25, 0.3) is 0 Å². The third-order valence-corrected chi connectivity index (χ3v) is 3.13. The maximum Gasteiger partial charge on any atom is 0.431 e. The number of alkyl halides is 7. The van der Waals surface area contributed by atoms with Crippen LogP contribution in [0.2, 0.25) is 0 Å². The fourth-order valence-corrected chi connectivity index (χ4v) is 1.65. The molecule has 0 saturated heterocycles. The summed E-state index contributed by atoms with van der Waals surface area (Å²) in [6.07, 6.45) is -12.6. The van der Waals surface area contributed by atoms with E-state index in [0.717, 1.165) is 0 Å². The molecule has 0 fully saturated rings. The highest BCUT2D eigenvalue weighted by atomic mass is 19.4. The largest absolute Gasteiger partial charge is 0.431 e. The van der Waals surface area contributed by atoms with Crippen LogP contribution in [0.1, 0.15) is 27.2 Å². The van der Waals surface area contributed by atoms with Crippen LogP contribution in [-0.2, 0) is 0 Å². The minimum atomic E-state index is -6.00. The van der Waals surface area contributed by atoms with Crippen LogP contribution in [0.5, 0.6) is 0 Å². The number of rotatable bonds is 4. The first kappa shape index (κ1) is 17.5. The molecule has 0 bridgehead atoms. The van der Waals surface area contributed by atoms with E-state index in [0.29, 0.717) is 6.92 Å². The monoisotopic (exact) mass is 283 g/mol. The van der Waals surface area contributed by atoms with Gasteiger partial charge in [-0.2, -0.15) is 26.3 Å². The van der Waals surface area contributed by atoms with Crippen LogP contribution in [0.15, 0.2) is 0 Å². The highest BCUT2D eigenvalue weighted by Crippen LogP contribution is 2.52. The van der Waals surface area contributed by atoms with Crippen LogP contribution in [-0.4, -0.2) is 24.1 Å². The summed E-state index contributed by atoms with van der Waals surface area (Å²) in [6.45, 7) is 3.42. The van der Waals surface area contributed by atoms with Gasteiger partial charge in [-0.3, -0.25) is 0 Å². The van der Waals surface area contributed by atoms with Crippen LogP contribution < -0.4 is 5.73 Å². The van der Waals surface area contributed by atoms with Crippen molar-refractivity contribution < 1.29 is 30.7 Å². The maximum atomic E-state index is 13.5. The number of hydrogen-bond donors (Lipinski definition) is 1. The quantitative estimate of drug-likeness (QED) is 0.780. The summed E-state index contributed by atoms with van der Waals surface area (Å²) in [5, 5.41) is 0. The Bertz CT molecular complexity index is 254. The average molecular weight is 283 g/mol. The molecule has 0 aliphatic heterocycles. The van der Waals surface area contributed by atoms with E-state index in [-0.39, 0.29) is 0 Å². The Hall–Kier alpha value is -0.530. The minimum absolute atomic E-state index is 0.597. The molecule has 2 N–H and O–H groups in total. The third kappa shape index (κ3) is 3.27. The van der Waals surface area contributed by atoms with E-state index in [2.05, 4.69) is 0 Å². The molecular formula is C10H16F7N. The van der Waals surface area contributed by atoms with Gasteiger partial charge >= 0.3 is 18.0 Å². The fourth-order valence-electron chi connectivity index (χ4n) is 1.65. The Morgan fingerprint density at radius 3 is 1.39 bits per heavy atom. The van der Waals surface area contributed by atoms with Crippen LogP contribution in [0.4, 0.5) is 30.7 Å². The molecule has 0 aliphatic carbocycles. The molecule has 8 heteroatoms. The van der Waals surface area contributed by atoms with Gasteiger partial charge in [0.15, 0.2) is 0 Å². The zero-order valence-electron chi connectivity index (χ0n) is 10.2. The first-order valence-electron chi connectivity index (χ1n) is 5.33. The molecule has 0 spiro atoms. The molecule has 0 saturated carbocycles. The zero-order valence-corrected chi connectivity index (χ0v) is 10.2. The molecule has 0 amide bonds. The molecule has 0 aliphatic rings. The van der Waals surface area contributed by atoms with Crippen molar-refractivity contribution in [1.82, 2.24) is 0 Å².